The maximum atomic E-state index is 12.6. The maximum Gasteiger partial charge on any atom is 0.265 e. The van der Waals surface area contributed by atoms with Crippen LogP contribution in [0.25, 0.3) is 0 Å². The summed E-state index contributed by atoms with van der Waals surface area (Å²) in [5.74, 6) is 5.54. The summed E-state index contributed by atoms with van der Waals surface area (Å²) < 4.78 is 0. The molecular weight excluding hydrogens is 286 g/mol. The van der Waals surface area contributed by atoms with Crippen LogP contribution in [0.3, 0.4) is 0 Å². The Morgan fingerprint density at radius 2 is 2.38 bits per heavy atom. The van der Waals surface area contributed by atoms with Crippen molar-refractivity contribution in [3.8, 4) is 11.8 Å². The predicted octanol–water partition coefficient (Wildman–Crippen LogP) is 0.656. The van der Waals surface area contributed by atoms with Gasteiger partial charge in [-0.1, -0.05) is 11.8 Å². The van der Waals surface area contributed by atoms with Gasteiger partial charge in [0.15, 0.2) is 0 Å². The average molecular weight is 305 g/mol. The van der Waals surface area contributed by atoms with Gasteiger partial charge in [0, 0.05) is 25.7 Å². The number of thiophene rings is 1. The predicted molar refractivity (Wildman–Crippen MR) is 82.9 cm³/mol. The first-order chi connectivity index (χ1) is 10.2. The number of carbonyl (C=O) groups excluding carboxylic acids is 2. The highest BCUT2D eigenvalue weighted by Crippen LogP contribution is 2.23. The van der Waals surface area contributed by atoms with Crippen molar-refractivity contribution in [3.63, 3.8) is 0 Å². The molecule has 1 fully saturated rings. The van der Waals surface area contributed by atoms with Gasteiger partial charge in [-0.3, -0.25) is 9.59 Å². The zero-order chi connectivity index (χ0) is 15.2. The summed E-state index contributed by atoms with van der Waals surface area (Å²) in [5.41, 5.74) is 6.09. The van der Waals surface area contributed by atoms with E-state index in [9.17, 15) is 9.59 Å². The Morgan fingerprint density at radius 1 is 1.57 bits per heavy atom. The van der Waals surface area contributed by atoms with E-state index in [1.165, 1.54) is 11.3 Å². The second-order valence-electron chi connectivity index (χ2n) is 4.87. The van der Waals surface area contributed by atoms with Crippen molar-refractivity contribution in [2.45, 2.75) is 12.8 Å². The molecule has 1 atom stereocenters. The fraction of sp³-hybridized carbons (Fsp3) is 0.467. The Bertz CT molecular complexity index is 585. The number of rotatable bonds is 2. The lowest BCUT2D eigenvalue weighted by Crippen LogP contribution is -2.44. The van der Waals surface area contributed by atoms with Crippen molar-refractivity contribution in [3.05, 3.63) is 21.9 Å². The van der Waals surface area contributed by atoms with Crippen LogP contribution in [-0.2, 0) is 4.79 Å². The first-order valence-electron chi connectivity index (χ1n) is 6.94. The molecule has 1 aromatic heterocycles. The normalized spacial score (nSPS) is 17.8. The van der Waals surface area contributed by atoms with Crippen LogP contribution in [0.5, 0.6) is 0 Å². The van der Waals surface area contributed by atoms with E-state index in [-0.39, 0.29) is 24.3 Å². The fourth-order valence-corrected chi connectivity index (χ4v) is 3.26. The van der Waals surface area contributed by atoms with Gasteiger partial charge in [0.2, 0.25) is 5.91 Å². The molecule has 0 bridgehead atoms. The van der Waals surface area contributed by atoms with E-state index in [0.717, 1.165) is 18.4 Å². The number of piperidine rings is 1. The van der Waals surface area contributed by atoms with Crippen molar-refractivity contribution in [2.24, 2.45) is 11.7 Å². The molecule has 0 saturated carbocycles. The third-order valence-corrected chi connectivity index (χ3v) is 4.41. The molecule has 0 spiro atoms. The summed E-state index contributed by atoms with van der Waals surface area (Å²) in [6, 6.07) is 1.83. The molecule has 112 valence electrons. The number of nitrogens with zero attached hydrogens (tertiary/aromatic N) is 1. The van der Waals surface area contributed by atoms with Crippen LogP contribution in [0.15, 0.2) is 11.4 Å². The summed E-state index contributed by atoms with van der Waals surface area (Å²) in [7, 11) is 1.63. The van der Waals surface area contributed by atoms with Gasteiger partial charge in [0.05, 0.1) is 12.5 Å². The Labute approximate surface area is 128 Å². The van der Waals surface area contributed by atoms with Gasteiger partial charge in [0.25, 0.3) is 5.91 Å². The van der Waals surface area contributed by atoms with Crippen LogP contribution in [0.1, 0.15) is 28.1 Å². The Balaban J connectivity index is 2.13. The van der Waals surface area contributed by atoms with Crippen molar-refractivity contribution in [2.75, 3.05) is 26.7 Å². The molecule has 2 heterocycles. The minimum atomic E-state index is -0.119. The second kappa shape index (κ2) is 7.25. The molecular formula is C15H19N3O2S. The molecule has 5 nitrogen and oxygen atoms in total. The minimum Gasteiger partial charge on any atom is -0.359 e. The first-order valence-corrected chi connectivity index (χ1v) is 7.82. The van der Waals surface area contributed by atoms with E-state index in [2.05, 4.69) is 17.2 Å². The largest absolute Gasteiger partial charge is 0.359 e. The van der Waals surface area contributed by atoms with Crippen LogP contribution in [-0.4, -0.2) is 43.4 Å². The van der Waals surface area contributed by atoms with E-state index in [1.807, 2.05) is 11.4 Å². The maximum absolute atomic E-state index is 12.6. The molecule has 6 heteroatoms. The van der Waals surface area contributed by atoms with E-state index in [4.69, 9.17) is 5.73 Å². The minimum absolute atomic E-state index is 0.00169. The number of carbonyl (C=O) groups is 2. The highest BCUT2D eigenvalue weighted by molar-refractivity contribution is 7.12. The molecule has 0 aromatic carbocycles. The number of hydrogen-bond donors (Lipinski definition) is 2. The Hall–Kier alpha value is -1.84. The molecule has 1 aliphatic rings. The molecule has 0 radical (unpaired) electrons. The van der Waals surface area contributed by atoms with Crippen LogP contribution in [0.2, 0.25) is 0 Å². The van der Waals surface area contributed by atoms with E-state index in [1.54, 1.807) is 11.9 Å². The molecule has 0 aliphatic carbocycles. The topological polar surface area (TPSA) is 75.4 Å². The van der Waals surface area contributed by atoms with Gasteiger partial charge in [-0.2, -0.15) is 0 Å². The monoisotopic (exact) mass is 305 g/mol. The quantitative estimate of drug-likeness (QED) is 0.788. The molecule has 2 rings (SSSR count). The lowest BCUT2D eigenvalue weighted by atomic mass is 9.97. The lowest BCUT2D eigenvalue weighted by molar-refractivity contribution is -0.125. The van der Waals surface area contributed by atoms with Gasteiger partial charge in [0.1, 0.15) is 4.88 Å². The molecule has 1 aliphatic heterocycles. The summed E-state index contributed by atoms with van der Waals surface area (Å²) in [5, 5.41) is 4.51. The molecule has 21 heavy (non-hydrogen) atoms. The van der Waals surface area contributed by atoms with Crippen molar-refractivity contribution in [1.82, 2.24) is 10.2 Å². The average Bonchev–Trinajstić information content (AvgIpc) is 2.99. The van der Waals surface area contributed by atoms with Crippen molar-refractivity contribution < 1.29 is 9.59 Å². The van der Waals surface area contributed by atoms with Crippen LogP contribution >= 0.6 is 11.3 Å². The Kier molecular flexibility index (Phi) is 5.37. The summed E-state index contributed by atoms with van der Waals surface area (Å²) >= 11 is 1.38. The number of likely N-dealkylation sites (tertiary alicyclic amines) is 1. The standard InChI is InChI=1S/C15H19N3O2S/c1-17-14(19)12-5-3-8-18(10-12)15(20)13-11(4-2-7-16)6-9-21-13/h6,9,12H,3,5,7-8,10,16H2,1H3,(H,17,19). The van der Waals surface area contributed by atoms with Gasteiger partial charge in [-0.15, -0.1) is 11.3 Å². The smallest absolute Gasteiger partial charge is 0.265 e. The highest BCUT2D eigenvalue weighted by Gasteiger charge is 2.29. The molecule has 2 amide bonds. The van der Waals surface area contributed by atoms with E-state index < -0.39 is 0 Å². The second-order valence-corrected chi connectivity index (χ2v) is 5.79. The zero-order valence-corrected chi connectivity index (χ0v) is 12.8. The highest BCUT2D eigenvalue weighted by atomic mass is 32.1. The van der Waals surface area contributed by atoms with E-state index in [0.29, 0.717) is 18.0 Å². The first kappa shape index (κ1) is 15.5. The van der Waals surface area contributed by atoms with Gasteiger partial charge < -0.3 is 16.0 Å². The van der Waals surface area contributed by atoms with Crippen LogP contribution < -0.4 is 11.1 Å². The number of amides is 2. The van der Waals surface area contributed by atoms with E-state index >= 15 is 0 Å². The summed E-state index contributed by atoms with van der Waals surface area (Å²) in [6.07, 6.45) is 1.67. The van der Waals surface area contributed by atoms with Crippen LogP contribution in [0.4, 0.5) is 0 Å². The van der Waals surface area contributed by atoms with Crippen LogP contribution in [0, 0.1) is 17.8 Å². The third kappa shape index (κ3) is 3.63. The molecule has 1 saturated heterocycles. The summed E-state index contributed by atoms with van der Waals surface area (Å²) in [4.78, 5) is 26.7. The van der Waals surface area contributed by atoms with Gasteiger partial charge in [-0.05, 0) is 24.3 Å². The van der Waals surface area contributed by atoms with Gasteiger partial charge in [-0.25, -0.2) is 0 Å². The molecule has 3 N–H and O–H groups in total. The Morgan fingerprint density at radius 3 is 3.10 bits per heavy atom. The lowest BCUT2D eigenvalue weighted by Gasteiger charge is -2.31. The van der Waals surface area contributed by atoms with Crippen molar-refractivity contribution in [1.29, 1.82) is 0 Å². The molecule has 1 aromatic rings. The summed E-state index contributed by atoms with van der Waals surface area (Å²) in [6.45, 7) is 1.43. The number of nitrogens with one attached hydrogen (secondary N) is 1. The fourth-order valence-electron chi connectivity index (χ4n) is 2.44. The number of hydrogen-bond acceptors (Lipinski definition) is 4. The zero-order valence-electron chi connectivity index (χ0n) is 12.0. The van der Waals surface area contributed by atoms with Gasteiger partial charge >= 0.3 is 0 Å². The van der Waals surface area contributed by atoms with Crippen molar-refractivity contribution >= 4 is 23.2 Å². The molecule has 1 unspecified atom stereocenters. The third-order valence-electron chi connectivity index (χ3n) is 3.51. The SMILES string of the molecule is CNC(=O)C1CCCN(C(=O)c2sccc2C#CCN)C1. The number of nitrogens with two attached hydrogens (primary N) is 1.